The Hall–Kier alpha value is -4.11. The summed E-state index contributed by atoms with van der Waals surface area (Å²) < 4.78 is 7.66. The van der Waals surface area contributed by atoms with Crippen LogP contribution in [0.4, 0.5) is 0 Å². The number of carbonyl (C=O) groups excluding carboxylic acids is 1. The maximum Gasteiger partial charge on any atom is 0.205 e. The van der Waals surface area contributed by atoms with E-state index in [1.54, 1.807) is 4.68 Å². The van der Waals surface area contributed by atoms with E-state index in [9.17, 15) is 10.1 Å². The molecule has 2 N–H and O–H groups in total. The van der Waals surface area contributed by atoms with Crippen LogP contribution in [0.15, 0.2) is 89.5 Å². The van der Waals surface area contributed by atoms with Gasteiger partial charge in [-0.05, 0) is 23.6 Å². The zero-order chi connectivity index (χ0) is 23.2. The zero-order valence-electron chi connectivity index (χ0n) is 18.6. The minimum Gasteiger partial charge on any atom is -0.444 e. The van der Waals surface area contributed by atoms with Crippen molar-refractivity contribution in [3.63, 3.8) is 0 Å². The molecule has 0 saturated heterocycles. The van der Waals surface area contributed by atoms with Crippen molar-refractivity contribution >= 4 is 5.78 Å². The molecule has 0 spiro atoms. The van der Waals surface area contributed by atoms with Crippen LogP contribution in [0.1, 0.15) is 38.3 Å². The summed E-state index contributed by atoms with van der Waals surface area (Å²) in [6.07, 6.45) is 0.963. The number of Topliss-reactive ketones (excluding diaryl/α,β-unsaturated/α-hetero) is 1. The highest BCUT2D eigenvalue weighted by Crippen LogP contribution is 2.48. The van der Waals surface area contributed by atoms with Gasteiger partial charge in [-0.3, -0.25) is 4.79 Å². The predicted octanol–water partition coefficient (Wildman–Crippen LogP) is 4.99. The van der Waals surface area contributed by atoms with Gasteiger partial charge in [0.15, 0.2) is 5.78 Å². The molecular weight excluding hydrogens is 412 g/mol. The van der Waals surface area contributed by atoms with Crippen molar-refractivity contribution in [2.24, 2.45) is 11.1 Å². The van der Waals surface area contributed by atoms with E-state index < -0.39 is 5.92 Å². The first kappa shape index (κ1) is 20.8. The number of ether oxygens (including phenoxy) is 1. The number of ketones is 1. The van der Waals surface area contributed by atoms with Crippen molar-refractivity contribution in [1.29, 1.82) is 5.26 Å². The minimum absolute atomic E-state index is 0.0198. The van der Waals surface area contributed by atoms with Gasteiger partial charge in [0.1, 0.15) is 17.4 Å². The van der Waals surface area contributed by atoms with Gasteiger partial charge in [-0.2, -0.15) is 10.4 Å². The molecule has 0 radical (unpaired) electrons. The second-order valence-electron chi connectivity index (χ2n) is 9.27. The molecule has 0 saturated carbocycles. The maximum absolute atomic E-state index is 13.4. The third kappa shape index (κ3) is 3.62. The maximum atomic E-state index is 13.4. The van der Waals surface area contributed by atoms with Crippen LogP contribution < -0.4 is 5.73 Å². The van der Waals surface area contributed by atoms with Gasteiger partial charge in [0.2, 0.25) is 5.88 Å². The summed E-state index contributed by atoms with van der Waals surface area (Å²) in [7, 11) is 0. The van der Waals surface area contributed by atoms with Gasteiger partial charge >= 0.3 is 0 Å². The Morgan fingerprint density at radius 1 is 1.09 bits per heavy atom. The molecule has 1 aliphatic carbocycles. The van der Waals surface area contributed by atoms with Crippen molar-refractivity contribution in [1.82, 2.24) is 9.78 Å². The first-order valence-corrected chi connectivity index (χ1v) is 10.9. The summed E-state index contributed by atoms with van der Waals surface area (Å²) in [5, 5.41) is 14.9. The molecule has 1 aliphatic heterocycles. The Morgan fingerprint density at radius 2 is 1.76 bits per heavy atom. The normalized spacial score (nSPS) is 19.7. The van der Waals surface area contributed by atoms with Crippen molar-refractivity contribution in [3.05, 3.63) is 95.2 Å². The Kier molecular flexibility index (Phi) is 4.90. The van der Waals surface area contributed by atoms with Gasteiger partial charge < -0.3 is 10.5 Å². The summed E-state index contributed by atoms with van der Waals surface area (Å²) in [4.78, 5) is 13.4. The Labute approximate surface area is 192 Å². The van der Waals surface area contributed by atoms with Gasteiger partial charge in [-0.15, -0.1) is 0 Å². The van der Waals surface area contributed by atoms with Crippen LogP contribution in [0, 0.1) is 16.7 Å². The second-order valence-corrected chi connectivity index (χ2v) is 9.27. The summed E-state index contributed by atoms with van der Waals surface area (Å²) in [6, 6.07) is 23.7. The third-order valence-electron chi connectivity index (χ3n) is 6.18. The van der Waals surface area contributed by atoms with E-state index in [0.717, 1.165) is 16.9 Å². The molecule has 33 heavy (non-hydrogen) atoms. The summed E-state index contributed by atoms with van der Waals surface area (Å²) in [5.74, 6) is -0.0604. The van der Waals surface area contributed by atoms with Crippen LogP contribution >= 0.6 is 0 Å². The van der Waals surface area contributed by atoms with E-state index in [-0.39, 0.29) is 22.7 Å². The predicted molar refractivity (Wildman–Crippen MR) is 125 cm³/mol. The van der Waals surface area contributed by atoms with Gasteiger partial charge in [0.25, 0.3) is 0 Å². The molecule has 6 heteroatoms. The lowest BCUT2D eigenvalue weighted by Crippen LogP contribution is -2.34. The van der Waals surface area contributed by atoms with E-state index >= 15 is 0 Å². The molecule has 2 aliphatic rings. The fourth-order valence-corrected chi connectivity index (χ4v) is 4.71. The molecule has 2 heterocycles. The molecule has 2 aromatic carbocycles. The number of nitrogens with two attached hydrogens (primary N) is 1. The lowest BCUT2D eigenvalue weighted by atomic mass is 9.71. The highest BCUT2D eigenvalue weighted by Gasteiger charge is 2.44. The number of allylic oxidation sites excluding steroid dienone is 3. The topological polar surface area (TPSA) is 93.9 Å². The van der Waals surface area contributed by atoms with Crippen LogP contribution in [-0.4, -0.2) is 15.6 Å². The Balaban J connectivity index is 1.76. The van der Waals surface area contributed by atoms with Gasteiger partial charge in [-0.25, -0.2) is 4.68 Å². The average molecular weight is 437 g/mol. The summed E-state index contributed by atoms with van der Waals surface area (Å²) in [5.41, 5.74) is 9.98. The number of nitriles is 1. The van der Waals surface area contributed by atoms with Crippen LogP contribution in [0.5, 0.6) is 0 Å². The Morgan fingerprint density at radius 3 is 2.42 bits per heavy atom. The molecule has 0 unspecified atom stereocenters. The zero-order valence-corrected chi connectivity index (χ0v) is 18.6. The molecule has 6 nitrogen and oxygen atoms in total. The molecule has 5 rings (SSSR count). The van der Waals surface area contributed by atoms with Crippen LogP contribution in [0.25, 0.3) is 16.9 Å². The Bertz CT molecular complexity index is 1340. The van der Waals surface area contributed by atoms with E-state index in [0.29, 0.717) is 29.9 Å². The van der Waals surface area contributed by atoms with Crippen LogP contribution in [0.2, 0.25) is 0 Å². The lowest BCUT2D eigenvalue weighted by Gasteiger charge is -2.37. The number of carbonyl (C=O) groups is 1. The van der Waals surface area contributed by atoms with Crippen molar-refractivity contribution in [2.45, 2.75) is 32.6 Å². The number of nitrogens with zero attached hydrogens (tertiary/aromatic N) is 3. The summed E-state index contributed by atoms with van der Waals surface area (Å²) in [6.45, 7) is 4.07. The number of para-hydroxylation sites is 1. The van der Waals surface area contributed by atoms with Gasteiger partial charge in [-0.1, -0.05) is 62.4 Å². The van der Waals surface area contributed by atoms with E-state index in [1.165, 1.54) is 0 Å². The van der Waals surface area contributed by atoms with Crippen LogP contribution in [-0.2, 0) is 9.53 Å². The monoisotopic (exact) mass is 436 g/mol. The van der Waals surface area contributed by atoms with Crippen LogP contribution in [0.3, 0.4) is 0 Å². The highest BCUT2D eigenvalue weighted by molar-refractivity contribution is 6.00. The van der Waals surface area contributed by atoms with E-state index in [4.69, 9.17) is 15.6 Å². The largest absolute Gasteiger partial charge is 0.444 e. The van der Waals surface area contributed by atoms with Crippen molar-refractivity contribution < 1.29 is 9.53 Å². The first-order chi connectivity index (χ1) is 15.9. The minimum atomic E-state index is -0.646. The fraction of sp³-hybridized carbons (Fsp3) is 0.222. The lowest BCUT2D eigenvalue weighted by molar-refractivity contribution is -0.119. The number of rotatable bonds is 3. The number of aromatic nitrogens is 2. The molecule has 0 amide bonds. The first-order valence-electron chi connectivity index (χ1n) is 10.9. The van der Waals surface area contributed by atoms with Crippen molar-refractivity contribution in [3.8, 4) is 23.0 Å². The SMILES string of the molecule is CC1(C)CC(=O)C2=C(C1)OC(N)=C(C#N)[C@@H]2c1cc(-c2ccccc2)nn1-c1ccccc1. The number of benzene rings is 2. The second kappa shape index (κ2) is 7.79. The van der Waals surface area contributed by atoms with E-state index in [2.05, 4.69) is 6.07 Å². The molecule has 0 bridgehead atoms. The van der Waals surface area contributed by atoms with Crippen molar-refractivity contribution in [2.75, 3.05) is 0 Å². The van der Waals surface area contributed by atoms with Gasteiger partial charge in [0, 0.05) is 24.0 Å². The third-order valence-corrected chi connectivity index (χ3v) is 6.18. The quantitative estimate of drug-likeness (QED) is 0.624. The molecule has 1 atom stereocenters. The molecule has 1 aromatic heterocycles. The number of hydrogen-bond acceptors (Lipinski definition) is 5. The van der Waals surface area contributed by atoms with E-state index in [1.807, 2.05) is 80.6 Å². The standard InChI is InChI=1S/C27H24N4O2/c1-27(2)14-22(32)25-23(15-27)33-26(29)19(16-28)24(25)21-13-20(17-9-5-3-6-10-17)30-31(21)18-11-7-4-8-12-18/h3-13,24H,14-15,29H2,1-2H3/t24-/m1/s1. The average Bonchev–Trinajstić information content (AvgIpc) is 3.24. The molecular formula is C27H24N4O2. The molecule has 0 fully saturated rings. The smallest absolute Gasteiger partial charge is 0.205 e. The summed E-state index contributed by atoms with van der Waals surface area (Å²) >= 11 is 0. The highest BCUT2D eigenvalue weighted by atomic mass is 16.5. The molecule has 3 aromatic rings. The molecule has 164 valence electrons. The number of hydrogen-bond donors (Lipinski definition) is 1. The fourth-order valence-electron chi connectivity index (χ4n) is 4.71. The van der Waals surface area contributed by atoms with Gasteiger partial charge in [0.05, 0.1) is 23.0 Å².